The van der Waals surface area contributed by atoms with Crippen LogP contribution >= 0.6 is 0 Å². The van der Waals surface area contributed by atoms with Gasteiger partial charge in [-0.2, -0.15) is 0 Å². The van der Waals surface area contributed by atoms with Gasteiger partial charge in [-0.1, -0.05) is 51.5 Å². The lowest BCUT2D eigenvalue weighted by molar-refractivity contribution is -0.146. The molecule has 0 radical (unpaired) electrons. The first-order valence-corrected chi connectivity index (χ1v) is 8.14. The van der Waals surface area contributed by atoms with Crippen LogP contribution in [0.15, 0.2) is 24.3 Å². The summed E-state index contributed by atoms with van der Waals surface area (Å²) in [5, 5.41) is 0. The number of benzene rings is 1. The van der Waals surface area contributed by atoms with E-state index in [0.29, 0.717) is 18.3 Å². The zero-order valence-corrected chi connectivity index (χ0v) is 13.8. The maximum absolute atomic E-state index is 12.8. The average molecular weight is 288 g/mol. The highest BCUT2D eigenvalue weighted by atomic mass is 16.5. The average Bonchev–Trinajstić information content (AvgIpc) is 2.47. The molecule has 0 amide bonds. The Morgan fingerprint density at radius 3 is 2.52 bits per heavy atom. The smallest absolute Gasteiger partial charge is 0.168 e. The van der Waals surface area contributed by atoms with Crippen LogP contribution in [-0.4, -0.2) is 18.5 Å². The maximum atomic E-state index is 12.8. The van der Waals surface area contributed by atoms with Gasteiger partial charge in [-0.15, -0.1) is 0 Å². The van der Waals surface area contributed by atoms with Crippen molar-refractivity contribution in [2.24, 2.45) is 5.92 Å². The van der Waals surface area contributed by atoms with E-state index >= 15 is 0 Å². The van der Waals surface area contributed by atoms with E-state index in [1.165, 1.54) is 12.0 Å². The molecule has 0 spiro atoms. The molecule has 1 saturated carbocycles. The Morgan fingerprint density at radius 2 is 2.00 bits per heavy atom. The Kier molecular flexibility index (Phi) is 5.21. The number of hydrogen-bond acceptors (Lipinski definition) is 2. The highest BCUT2D eigenvalue weighted by Gasteiger charge is 2.41. The summed E-state index contributed by atoms with van der Waals surface area (Å²) in [5.74, 6) is 1.35. The Morgan fingerprint density at radius 1 is 1.33 bits per heavy atom. The van der Waals surface area contributed by atoms with E-state index in [1.54, 1.807) is 7.11 Å². The lowest BCUT2D eigenvalue weighted by atomic mass is 9.75. The number of carbonyl (C=O) groups excluding carboxylic acids is 1. The van der Waals surface area contributed by atoms with E-state index in [0.717, 1.165) is 24.8 Å². The van der Waals surface area contributed by atoms with Crippen LogP contribution in [-0.2, 0) is 16.0 Å². The molecule has 2 heteroatoms. The third kappa shape index (κ3) is 3.74. The standard InChI is InChI=1S/C19H28O2/c1-14(2)17-9-7-16(8-10-17)12-18(20)19(21-4)11-5-6-15(3)13-19/h7-10,14-15H,5-6,11-13H2,1-4H3. The molecule has 1 aliphatic rings. The van der Waals surface area contributed by atoms with Gasteiger partial charge < -0.3 is 4.74 Å². The molecular weight excluding hydrogens is 260 g/mol. The molecule has 1 aromatic rings. The van der Waals surface area contributed by atoms with Crippen molar-refractivity contribution >= 4 is 5.78 Å². The zero-order valence-electron chi connectivity index (χ0n) is 13.8. The topological polar surface area (TPSA) is 26.3 Å². The van der Waals surface area contributed by atoms with Crippen molar-refractivity contribution < 1.29 is 9.53 Å². The van der Waals surface area contributed by atoms with Crippen LogP contribution in [0.25, 0.3) is 0 Å². The second kappa shape index (κ2) is 6.74. The van der Waals surface area contributed by atoms with Gasteiger partial charge in [0.15, 0.2) is 5.78 Å². The minimum Gasteiger partial charge on any atom is -0.370 e. The molecule has 21 heavy (non-hydrogen) atoms. The van der Waals surface area contributed by atoms with Crippen molar-refractivity contribution in [1.29, 1.82) is 0 Å². The Bertz CT molecular complexity index is 475. The Balaban J connectivity index is 2.08. The molecule has 2 nitrogen and oxygen atoms in total. The first-order valence-electron chi connectivity index (χ1n) is 8.14. The SMILES string of the molecule is COC1(C(=O)Cc2ccc(C(C)C)cc2)CCCC(C)C1. The zero-order chi connectivity index (χ0) is 15.5. The summed E-state index contributed by atoms with van der Waals surface area (Å²) >= 11 is 0. The summed E-state index contributed by atoms with van der Waals surface area (Å²) in [4.78, 5) is 12.8. The number of ether oxygens (including phenoxy) is 1. The van der Waals surface area contributed by atoms with Crippen molar-refractivity contribution in [3.63, 3.8) is 0 Å². The highest BCUT2D eigenvalue weighted by Crippen LogP contribution is 2.36. The molecule has 0 aromatic heterocycles. The number of carbonyl (C=O) groups is 1. The first kappa shape index (κ1) is 16.2. The van der Waals surface area contributed by atoms with Crippen LogP contribution in [0.2, 0.25) is 0 Å². The number of ketones is 1. The van der Waals surface area contributed by atoms with E-state index in [-0.39, 0.29) is 5.78 Å². The summed E-state index contributed by atoms with van der Waals surface area (Å²) in [7, 11) is 1.69. The number of Topliss-reactive ketones (excluding diaryl/α,β-unsaturated/α-hetero) is 1. The third-order valence-corrected chi connectivity index (χ3v) is 4.87. The van der Waals surface area contributed by atoms with Crippen LogP contribution in [0.5, 0.6) is 0 Å². The molecule has 0 bridgehead atoms. The van der Waals surface area contributed by atoms with E-state index in [2.05, 4.69) is 45.0 Å². The molecule has 2 unspecified atom stereocenters. The predicted molar refractivity (Wildman–Crippen MR) is 86.6 cm³/mol. The molecular formula is C19H28O2. The lowest BCUT2D eigenvalue weighted by Crippen LogP contribution is -2.45. The number of hydrogen-bond donors (Lipinski definition) is 0. The van der Waals surface area contributed by atoms with Crippen molar-refractivity contribution in [1.82, 2.24) is 0 Å². The molecule has 0 saturated heterocycles. The van der Waals surface area contributed by atoms with Gasteiger partial charge in [0.1, 0.15) is 5.60 Å². The van der Waals surface area contributed by atoms with Crippen molar-refractivity contribution in [2.75, 3.05) is 7.11 Å². The lowest BCUT2D eigenvalue weighted by Gasteiger charge is -2.37. The molecule has 1 aromatic carbocycles. The summed E-state index contributed by atoms with van der Waals surface area (Å²) < 4.78 is 5.70. The molecule has 0 N–H and O–H groups in total. The monoisotopic (exact) mass is 288 g/mol. The van der Waals surface area contributed by atoms with Gasteiger partial charge in [0.2, 0.25) is 0 Å². The van der Waals surface area contributed by atoms with Crippen LogP contribution < -0.4 is 0 Å². The molecule has 0 heterocycles. The fraction of sp³-hybridized carbons (Fsp3) is 0.632. The molecule has 1 aliphatic carbocycles. The van der Waals surface area contributed by atoms with Gasteiger partial charge in [-0.3, -0.25) is 4.79 Å². The van der Waals surface area contributed by atoms with Crippen LogP contribution in [0.1, 0.15) is 63.5 Å². The Labute approximate surface area is 128 Å². The summed E-state index contributed by atoms with van der Waals surface area (Å²) in [6, 6.07) is 8.44. The quantitative estimate of drug-likeness (QED) is 0.796. The molecule has 0 aliphatic heterocycles. The molecule has 2 rings (SSSR count). The van der Waals surface area contributed by atoms with Crippen molar-refractivity contribution in [2.45, 2.75) is 64.4 Å². The first-order chi connectivity index (χ1) is 9.97. The van der Waals surface area contributed by atoms with Crippen LogP contribution in [0.4, 0.5) is 0 Å². The molecule has 116 valence electrons. The summed E-state index contributed by atoms with van der Waals surface area (Å²) in [6.07, 6.45) is 4.52. The third-order valence-electron chi connectivity index (χ3n) is 4.87. The summed E-state index contributed by atoms with van der Waals surface area (Å²) in [6.45, 7) is 6.59. The fourth-order valence-corrected chi connectivity index (χ4v) is 3.42. The Hall–Kier alpha value is -1.15. The fourth-order valence-electron chi connectivity index (χ4n) is 3.42. The number of rotatable bonds is 5. The minimum absolute atomic E-state index is 0.244. The van der Waals surface area contributed by atoms with Gasteiger partial charge >= 0.3 is 0 Å². The van der Waals surface area contributed by atoms with Crippen LogP contribution in [0, 0.1) is 5.92 Å². The van der Waals surface area contributed by atoms with E-state index < -0.39 is 5.60 Å². The number of methoxy groups -OCH3 is 1. The minimum atomic E-state index is -0.547. The summed E-state index contributed by atoms with van der Waals surface area (Å²) in [5.41, 5.74) is 1.87. The molecule has 1 fully saturated rings. The maximum Gasteiger partial charge on any atom is 0.168 e. The predicted octanol–water partition coefficient (Wildman–Crippen LogP) is 4.52. The van der Waals surface area contributed by atoms with Crippen LogP contribution in [0.3, 0.4) is 0 Å². The van der Waals surface area contributed by atoms with Gasteiger partial charge in [0.05, 0.1) is 0 Å². The van der Waals surface area contributed by atoms with Gasteiger partial charge in [0, 0.05) is 13.5 Å². The highest BCUT2D eigenvalue weighted by molar-refractivity contribution is 5.89. The van der Waals surface area contributed by atoms with Gasteiger partial charge in [-0.25, -0.2) is 0 Å². The second-order valence-corrected chi connectivity index (χ2v) is 6.90. The van der Waals surface area contributed by atoms with E-state index in [9.17, 15) is 4.79 Å². The largest absolute Gasteiger partial charge is 0.370 e. The van der Waals surface area contributed by atoms with E-state index in [1.807, 2.05) is 0 Å². The normalized spacial score (nSPS) is 26.0. The van der Waals surface area contributed by atoms with Crippen molar-refractivity contribution in [3.05, 3.63) is 35.4 Å². The van der Waals surface area contributed by atoms with Crippen molar-refractivity contribution in [3.8, 4) is 0 Å². The van der Waals surface area contributed by atoms with Gasteiger partial charge in [-0.05, 0) is 42.2 Å². The van der Waals surface area contributed by atoms with Gasteiger partial charge in [0.25, 0.3) is 0 Å². The van der Waals surface area contributed by atoms with E-state index in [4.69, 9.17) is 4.74 Å². The second-order valence-electron chi connectivity index (χ2n) is 6.90. The molecule has 2 atom stereocenters.